The lowest BCUT2D eigenvalue weighted by Crippen LogP contribution is -2.10. The van der Waals surface area contributed by atoms with Crippen molar-refractivity contribution in [3.05, 3.63) is 36.2 Å². The summed E-state index contributed by atoms with van der Waals surface area (Å²) in [6, 6.07) is 7.01. The van der Waals surface area contributed by atoms with E-state index in [1.54, 1.807) is 24.5 Å². The number of nitrogens with zero attached hydrogens (tertiary/aromatic N) is 1. The van der Waals surface area contributed by atoms with Crippen LogP contribution in [0.1, 0.15) is 5.69 Å². The van der Waals surface area contributed by atoms with Gasteiger partial charge in [-0.3, -0.25) is 0 Å². The van der Waals surface area contributed by atoms with Gasteiger partial charge in [0, 0.05) is 13.0 Å². The molecular weight excluding hydrogens is 204 g/mol. The molecule has 2 rings (SSSR count). The number of aromatic hydroxyl groups is 1. The first-order valence-electron chi connectivity index (χ1n) is 5.18. The standard InChI is InChI=1S/C12H14N2O2/c1-13-7-6-9-8-16-12(14-9)10-4-2-3-5-11(10)15/h2-5,8,13,15H,6-7H2,1H3. The second kappa shape index (κ2) is 4.81. The number of rotatable bonds is 4. The quantitative estimate of drug-likeness (QED) is 0.821. The Morgan fingerprint density at radius 3 is 2.94 bits per heavy atom. The van der Waals surface area contributed by atoms with Gasteiger partial charge in [0.25, 0.3) is 0 Å². The minimum atomic E-state index is 0.185. The summed E-state index contributed by atoms with van der Waals surface area (Å²) in [5, 5.41) is 12.7. The van der Waals surface area contributed by atoms with Gasteiger partial charge < -0.3 is 14.8 Å². The topological polar surface area (TPSA) is 58.3 Å². The van der Waals surface area contributed by atoms with Crippen LogP contribution in [-0.2, 0) is 6.42 Å². The van der Waals surface area contributed by atoms with Crippen molar-refractivity contribution in [2.45, 2.75) is 6.42 Å². The van der Waals surface area contributed by atoms with Gasteiger partial charge in [-0.25, -0.2) is 4.98 Å². The summed E-state index contributed by atoms with van der Waals surface area (Å²) in [6.45, 7) is 0.854. The number of hydrogen-bond acceptors (Lipinski definition) is 4. The maximum Gasteiger partial charge on any atom is 0.229 e. The van der Waals surface area contributed by atoms with Gasteiger partial charge in [0.1, 0.15) is 12.0 Å². The van der Waals surface area contributed by atoms with Crippen LogP contribution in [0.4, 0.5) is 0 Å². The molecule has 1 aromatic carbocycles. The number of para-hydroxylation sites is 1. The Kier molecular flexibility index (Phi) is 3.22. The Hall–Kier alpha value is -1.81. The van der Waals surface area contributed by atoms with Crippen LogP contribution in [0.2, 0.25) is 0 Å². The summed E-state index contributed by atoms with van der Waals surface area (Å²) in [5.41, 5.74) is 1.51. The molecule has 0 saturated heterocycles. The second-order valence-corrected chi connectivity index (χ2v) is 3.51. The van der Waals surface area contributed by atoms with E-state index in [9.17, 15) is 5.11 Å². The number of nitrogens with one attached hydrogen (secondary N) is 1. The molecule has 0 unspecified atom stereocenters. The number of phenols is 1. The molecule has 2 aromatic rings. The maximum atomic E-state index is 9.64. The lowest BCUT2D eigenvalue weighted by atomic mass is 10.2. The third-order valence-corrected chi connectivity index (χ3v) is 2.32. The van der Waals surface area contributed by atoms with Crippen LogP contribution in [0.3, 0.4) is 0 Å². The molecule has 0 aliphatic carbocycles. The van der Waals surface area contributed by atoms with E-state index >= 15 is 0 Å². The van der Waals surface area contributed by atoms with E-state index in [4.69, 9.17) is 4.42 Å². The first kappa shape index (κ1) is 10.7. The lowest BCUT2D eigenvalue weighted by molar-refractivity contribution is 0.473. The molecule has 0 aliphatic heterocycles. The summed E-state index contributed by atoms with van der Waals surface area (Å²) < 4.78 is 5.33. The summed E-state index contributed by atoms with van der Waals surface area (Å²) in [7, 11) is 1.89. The minimum absolute atomic E-state index is 0.185. The van der Waals surface area contributed by atoms with Gasteiger partial charge in [0.05, 0.1) is 11.3 Å². The molecule has 0 amide bonds. The van der Waals surface area contributed by atoms with Gasteiger partial charge >= 0.3 is 0 Å². The van der Waals surface area contributed by atoms with Crippen LogP contribution < -0.4 is 5.32 Å². The van der Waals surface area contributed by atoms with Crippen molar-refractivity contribution in [3.8, 4) is 17.2 Å². The normalized spacial score (nSPS) is 10.6. The van der Waals surface area contributed by atoms with Crippen molar-refractivity contribution < 1.29 is 9.52 Å². The summed E-state index contributed by atoms with van der Waals surface area (Å²) in [4.78, 5) is 4.31. The Balaban J connectivity index is 2.22. The number of phenolic OH excluding ortho intramolecular Hbond substituents is 1. The van der Waals surface area contributed by atoms with Crippen molar-refractivity contribution in [2.75, 3.05) is 13.6 Å². The Bertz CT molecular complexity index is 466. The third-order valence-electron chi connectivity index (χ3n) is 2.32. The number of likely N-dealkylation sites (N-methyl/N-ethyl adjacent to an activating group) is 1. The van der Waals surface area contributed by atoms with Crippen molar-refractivity contribution in [2.24, 2.45) is 0 Å². The van der Waals surface area contributed by atoms with Gasteiger partial charge in [-0.1, -0.05) is 12.1 Å². The first-order valence-corrected chi connectivity index (χ1v) is 5.18. The van der Waals surface area contributed by atoms with Crippen LogP contribution in [0.15, 0.2) is 34.9 Å². The Morgan fingerprint density at radius 1 is 1.38 bits per heavy atom. The number of aromatic nitrogens is 1. The molecule has 0 bridgehead atoms. The van der Waals surface area contributed by atoms with Crippen LogP contribution in [0.5, 0.6) is 5.75 Å². The van der Waals surface area contributed by atoms with Gasteiger partial charge in [-0.2, -0.15) is 0 Å². The fraction of sp³-hybridized carbons (Fsp3) is 0.250. The average molecular weight is 218 g/mol. The molecule has 0 spiro atoms. The van der Waals surface area contributed by atoms with Gasteiger partial charge in [0.2, 0.25) is 5.89 Å². The third kappa shape index (κ3) is 2.23. The van der Waals surface area contributed by atoms with Crippen molar-refractivity contribution in [1.82, 2.24) is 10.3 Å². The minimum Gasteiger partial charge on any atom is -0.507 e. The smallest absolute Gasteiger partial charge is 0.229 e. The molecule has 1 aromatic heterocycles. The number of oxazole rings is 1. The predicted octanol–water partition coefficient (Wildman–Crippen LogP) is 1.81. The highest BCUT2D eigenvalue weighted by atomic mass is 16.3. The second-order valence-electron chi connectivity index (χ2n) is 3.51. The molecule has 84 valence electrons. The molecule has 0 fully saturated rings. The van der Waals surface area contributed by atoms with E-state index in [-0.39, 0.29) is 5.75 Å². The van der Waals surface area contributed by atoms with E-state index < -0.39 is 0 Å². The highest BCUT2D eigenvalue weighted by molar-refractivity contribution is 5.61. The molecule has 4 heteroatoms. The largest absolute Gasteiger partial charge is 0.507 e. The van der Waals surface area contributed by atoms with E-state index in [1.165, 1.54) is 0 Å². The average Bonchev–Trinajstić information content (AvgIpc) is 2.75. The molecule has 4 nitrogen and oxygen atoms in total. The van der Waals surface area contributed by atoms with Crippen LogP contribution >= 0.6 is 0 Å². The molecule has 1 heterocycles. The zero-order chi connectivity index (χ0) is 11.4. The van der Waals surface area contributed by atoms with Crippen LogP contribution in [0, 0.1) is 0 Å². The lowest BCUT2D eigenvalue weighted by Gasteiger charge is -1.97. The predicted molar refractivity (Wildman–Crippen MR) is 61.2 cm³/mol. The SMILES string of the molecule is CNCCc1coc(-c2ccccc2O)n1. The van der Waals surface area contributed by atoms with E-state index in [0.29, 0.717) is 11.5 Å². The highest BCUT2D eigenvalue weighted by Gasteiger charge is 2.09. The van der Waals surface area contributed by atoms with Crippen LogP contribution in [-0.4, -0.2) is 23.7 Å². The molecule has 2 N–H and O–H groups in total. The number of benzene rings is 1. The molecular formula is C12H14N2O2. The Labute approximate surface area is 93.9 Å². The van der Waals surface area contributed by atoms with Crippen LogP contribution in [0.25, 0.3) is 11.5 Å². The van der Waals surface area contributed by atoms with E-state index in [1.807, 2.05) is 13.1 Å². The van der Waals surface area contributed by atoms with Gasteiger partial charge in [-0.15, -0.1) is 0 Å². The molecule has 0 radical (unpaired) electrons. The van der Waals surface area contributed by atoms with E-state index in [0.717, 1.165) is 18.7 Å². The highest BCUT2D eigenvalue weighted by Crippen LogP contribution is 2.27. The van der Waals surface area contributed by atoms with Gasteiger partial charge in [0.15, 0.2) is 0 Å². The molecule has 0 aliphatic rings. The molecule has 0 saturated carbocycles. The maximum absolute atomic E-state index is 9.64. The van der Waals surface area contributed by atoms with Crippen molar-refractivity contribution >= 4 is 0 Å². The fourth-order valence-electron chi connectivity index (χ4n) is 1.45. The van der Waals surface area contributed by atoms with E-state index in [2.05, 4.69) is 10.3 Å². The number of hydrogen-bond donors (Lipinski definition) is 2. The zero-order valence-electron chi connectivity index (χ0n) is 9.10. The summed E-state index contributed by atoms with van der Waals surface area (Å²) >= 11 is 0. The summed E-state index contributed by atoms with van der Waals surface area (Å²) in [6.07, 6.45) is 2.44. The summed E-state index contributed by atoms with van der Waals surface area (Å²) in [5.74, 6) is 0.647. The fourth-order valence-corrected chi connectivity index (χ4v) is 1.45. The Morgan fingerprint density at radius 2 is 2.19 bits per heavy atom. The monoisotopic (exact) mass is 218 g/mol. The molecule has 16 heavy (non-hydrogen) atoms. The molecule has 0 atom stereocenters. The van der Waals surface area contributed by atoms with Crippen molar-refractivity contribution in [1.29, 1.82) is 0 Å². The zero-order valence-corrected chi connectivity index (χ0v) is 9.10. The van der Waals surface area contributed by atoms with Gasteiger partial charge in [-0.05, 0) is 19.2 Å². The van der Waals surface area contributed by atoms with Crippen molar-refractivity contribution in [3.63, 3.8) is 0 Å². The first-order chi connectivity index (χ1) is 7.81.